The van der Waals surface area contributed by atoms with E-state index < -0.39 is 11.9 Å². The van der Waals surface area contributed by atoms with Gasteiger partial charge in [-0.15, -0.1) is 5.10 Å². The maximum atomic E-state index is 12.3. The van der Waals surface area contributed by atoms with Crippen molar-refractivity contribution in [3.63, 3.8) is 0 Å². The smallest absolute Gasteiger partial charge is 0.271 e. The Morgan fingerprint density at radius 3 is 2.43 bits per heavy atom. The highest BCUT2D eigenvalue weighted by Crippen LogP contribution is 2.21. The third-order valence-corrected chi connectivity index (χ3v) is 4.43. The quantitative estimate of drug-likeness (QED) is 0.496. The summed E-state index contributed by atoms with van der Waals surface area (Å²) in [6, 6.07) is 18.6. The third kappa shape index (κ3) is 3.90. The molecule has 2 heterocycles. The van der Waals surface area contributed by atoms with E-state index in [9.17, 15) is 9.59 Å². The number of aromatic nitrogens is 3. The molecule has 4 rings (SSSR count). The Morgan fingerprint density at radius 1 is 0.964 bits per heavy atom. The van der Waals surface area contributed by atoms with Crippen LogP contribution in [-0.4, -0.2) is 32.9 Å². The molecule has 28 heavy (non-hydrogen) atoms. The molecule has 9 heteroatoms. The van der Waals surface area contributed by atoms with Crippen LogP contribution in [-0.2, 0) is 4.79 Å². The molecule has 9 nitrogen and oxygen atoms in total. The zero-order valence-electron chi connectivity index (χ0n) is 14.9. The van der Waals surface area contributed by atoms with Crippen molar-refractivity contribution in [2.24, 2.45) is 0 Å². The van der Waals surface area contributed by atoms with Crippen LogP contribution in [0.5, 0.6) is 0 Å². The summed E-state index contributed by atoms with van der Waals surface area (Å²) in [5.41, 5.74) is 12.8. The maximum Gasteiger partial charge on any atom is 0.291 e. The third-order valence-electron chi connectivity index (χ3n) is 4.43. The number of hydrogen-bond acceptors (Lipinski definition) is 6. The number of hydrazine groups is 2. The number of rotatable bonds is 4. The van der Waals surface area contributed by atoms with Crippen molar-refractivity contribution in [3.8, 4) is 5.69 Å². The van der Waals surface area contributed by atoms with Gasteiger partial charge in [-0.05, 0) is 24.1 Å². The standard InChI is InChI=1S/C19H19N7O2/c27-18(16-11-15(21-22-16)13-7-3-1-4-8-13)23-24-19(28)17-12-20-26(25-17)14-9-5-2-6-10-14/h1-10,12,15-16,21-22H,11H2,(H,23,27)(H,24,28). The lowest BCUT2D eigenvalue weighted by Gasteiger charge is -2.11. The number of para-hydroxylation sites is 1. The number of nitrogens with one attached hydrogen (secondary N) is 4. The first-order chi connectivity index (χ1) is 13.7. The summed E-state index contributed by atoms with van der Waals surface area (Å²) in [6.45, 7) is 0. The van der Waals surface area contributed by atoms with Gasteiger partial charge in [-0.2, -0.15) is 9.90 Å². The van der Waals surface area contributed by atoms with Crippen molar-refractivity contribution in [1.29, 1.82) is 0 Å². The van der Waals surface area contributed by atoms with Gasteiger partial charge in [0.25, 0.3) is 11.8 Å². The molecule has 1 aliphatic rings. The van der Waals surface area contributed by atoms with Gasteiger partial charge >= 0.3 is 0 Å². The Bertz CT molecular complexity index is 959. The van der Waals surface area contributed by atoms with Gasteiger partial charge in [0.1, 0.15) is 6.04 Å². The van der Waals surface area contributed by atoms with E-state index in [1.807, 2.05) is 60.7 Å². The maximum absolute atomic E-state index is 12.3. The zero-order valence-corrected chi connectivity index (χ0v) is 14.9. The van der Waals surface area contributed by atoms with Gasteiger partial charge in [0.05, 0.1) is 11.9 Å². The van der Waals surface area contributed by atoms with Crippen molar-refractivity contribution < 1.29 is 9.59 Å². The molecule has 0 spiro atoms. The Labute approximate surface area is 161 Å². The molecule has 2 unspecified atom stereocenters. The fourth-order valence-corrected chi connectivity index (χ4v) is 2.95. The fourth-order valence-electron chi connectivity index (χ4n) is 2.95. The summed E-state index contributed by atoms with van der Waals surface area (Å²) in [4.78, 5) is 25.9. The lowest BCUT2D eigenvalue weighted by molar-refractivity contribution is -0.123. The fraction of sp³-hybridized carbons (Fsp3) is 0.158. The topological polar surface area (TPSA) is 113 Å². The van der Waals surface area contributed by atoms with Crippen molar-refractivity contribution in [3.05, 3.63) is 78.1 Å². The number of nitrogens with zero attached hydrogens (tertiary/aromatic N) is 3. The van der Waals surface area contributed by atoms with Crippen LogP contribution >= 0.6 is 0 Å². The summed E-state index contributed by atoms with van der Waals surface area (Å²) >= 11 is 0. The van der Waals surface area contributed by atoms with Gasteiger partial charge in [-0.25, -0.2) is 10.9 Å². The van der Waals surface area contributed by atoms with Crippen LogP contribution in [0.25, 0.3) is 5.69 Å². The van der Waals surface area contributed by atoms with Crippen LogP contribution in [0, 0.1) is 0 Å². The van der Waals surface area contributed by atoms with Crippen LogP contribution in [0.3, 0.4) is 0 Å². The molecule has 2 amide bonds. The van der Waals surface area contributed by atoms with Gasteiger partial charge in [0.15, 0.2) is 5.69 Å². The van der Waals surface area contributed by atoms with E-state index in [1.165, 1.54) is 11.0 Å². The van der Waals surface area contributed by atoms with Crippen LogP contribution < -0.4 is 21.7 Å². The molecule has 3 aromatic rings. The molecule has 1 saturated heterocycles. The van der Waals surface area contributed by atoms with Crippen LogP contribution in [0.4, 0.5) is 0 Å². The number of carbonyl (C=O) groups excluding carboxylic acids is 2. The molecular weight excluding hydrogens is 358 g/mol. The minimum absolute atomic E-state index is 0.0263. The lowest BCUT2D eigenvalue weighted by Crippen LogP contribution is -2.50. The molecule has 0 aliphatic carbocycles. The first-order valence-corrected chi connectivity index (χ1v) is 8.84. The molecule has 2 atom stereocenters. The second-order valence-corrected chi connectivity index (χ2v) is 6.34. The van der Waals surface area contributed by atoms with Gasteiger partial charge in [0.2, 0.25) is 0 Å². The molecular formula is C19H19N7O2. The minimum atomic E-state index is -0.541. The summed E-state index contributed by atoms with van der Waals surface area (Å²) in [6.07, 6.45) is 1.91. The van der Waals surface area contributed by atoms with E-state index in [1.54, 1.807) is 0 Å². The van der Waals surface area contributed by atoms with Gasteiger partial charge in [-0.3, -0.25) is 20.4 Å². The summed E-state index contributed by atoms with van der Waals surface area (Å²) < 4.78 is 0. The number of hydrogen-bond donors (Lipinski definition) is 4. The van der Waals surface area contributed by atoms with Crippen LogP contribution in [0.1, 0.15) is 28.5 Å². The first kappa shape index (κ1) is 17.8. The Hall–Kier alpha value is -3.56. The van der Waals surface area contributed by atoms with Crippen LogP contribution in [0.2, 0.25) is 0 Å². The minimum Gasteiger partial charge on any atom is -0.271 e. The molecule has 142 valence electrons. The summed E-state index contributed by atoms with van der Waals surface area (Å²) in [5, 5.41) is 8.19. The monoisotopic (exact) mass is 377 g/mol. The van der Waals surface area contributed by atoms with E-state index in [0.29, 0.717) is 6.42 Å². The van der Waals surface area contributed by atoms with Gasteiger partial charge in [0, 0.05) is 6.04 Å². The predicted molar refractivity (Wildman–Crippen MR) is 101 cm³/mol. The normalized spacial score (nSPS) is 18.6. The van der Waals surface area contributed by atoms with E-state index in [-0.39, 0.29) is 17.6 Å². The number of benzene rings is 2. The van der Waals surface area contributed by atoms with E-state index in [4.69, 9.17) is 0 Å². The predicted octanol–water partition coefficient (Wildman–Crippen LogP) is 0.636. The highest BCUT2D eigenvalue weighted by atomic mass is 16.2. The second-order valence-electron chi connectivity index (χ2n) is 6.34. The SMILES string of the molecule is O=C(NNC(=O)C1CC(c2ccccc2)NN1)c1cnn(-c2ccccc2)n1. The van der Waals surface area contributed by atoms with E-state index >= 15 is 0 Å². The molecule has 1 aliphatic heterocycles. The number of carbonyl (C=O) groups is 2. The summed E-state index contributed by atoms with van der Waals surface area (Å²) in [5.74, 6) is -0.879. The lowest BCUT2D eigenvalue weighted by atomic mass is 10.0. The van der Waals surface area contributed by atoms with Crippen molar-refractivity contribution >= 4 is 11.8 Å². The van der Waals surface area contributed by atoms with Crippen molar-refractivity contribution in [2.45, 2.75) is 18.5 Å². The first-order valence-electron chi connectivity index (χ1n) is 8.84. The summed E-state index contributed by atoms with van der Waals surface area (Å²) in [7, 11) is 0. The van der Waals surface area contributed by atoms with Crippen molar-refractivity contribution in [2.75, 3.05) is 0 Å². The largest absolute Gasteiger partial charge is 0.291 e. The van der Waals surface area contributed by atoms with E-state index in [2.05, 4.69) is 31.9 Å². The number of amides is 2. The molecule has 1 fully saturated rings. The van der Waals surface area contributed by atoms with Gasteiger partial charge < -0.3 is 0 Å². The molecule has 0 radical (unpaired) electrons. The molecule has 2 aromatic carbocycles. The Balaban J connectivity index is 1.30. The molecule has 4 N–H and O–H groups in total. The molecule has 0 saturated carbocycles. The average molecular weight is 377 g/mol. The van der Waals surface area contributed by atoms with E-state index in [0.717, 1.165) is 11.3 Å². The molecule has 0 bridgehead atoms. The highest BCUT2D eigenvalue weighted by molar-refractivity contribution is 5.94. The zero-order chi connectivity index (χ0) is 19.3. The van der Waals surface area contributed by atoms with Crippen molar-refractivity contribution in [1.82, 2.24) is 36.7 Å². The average Bonchev–Trinajstić information content (AvgIpc) is 3.43. The Morgan fingerprint density at radius 2 is 1.68 bits per heavy atom. The van der Waals surface area contributed by atoms with Gasteiger partial charge in [-0.1, -0.05) is 48.5 Å². The highest BCUT2D eigenvalue weighted by Gasteiger charge is 2.30. The second kappa shape index (κ2) is 7.99. The Kier molecular flexibility index (Phi) is 5.09. The van der Waals surface area contributed by atoms with Crippen LogP contribution in [0.15, 0.2) is 66.9 Å². The molecule has 1 aromatic heterocycles.